The Morgan fingerprint density at radius 3 is 2.35 bits per heavy atom. The van der Waals surface area contributed by atoms with E-state index in [0.717, 1.165) is 18.2 Å². The van der Waals surface area contributed by atoms with E-state index in [1.54, 1.807) is 0 Å². The van der Waals surface area contributed by atoms with Gasteiger partial charge in [0.2, 0.25) is 0 Å². The van der Waals surface area contributed by atoms with E-state index >= 15 is 0 Å². The molecule has 0 aliphatic carbocycles. The fraction of sp³-hybridized carbons (Fsp3) is 0.0714. The van der Waals surface area contributed by atoms with Gasteiger partial charge < -0.3 is 4.74 Å². The number of hydrogen-bond acceptors (Lipinski definition) is 2. The summed E-state index contributed by atoms with van der Waals surface area (Å²) in [7, 11) is 0. The second kappa shape index (κ2) is 5.32. The zero-order chi connectivity index (χ0) is 14.8. The van der Waals surface area contributed by atoms with Gasteiger partial charge in [-0.15, -0.1) is 13.2 Å². The lowest BCUT2D eigenvalue weighted by Gasteiger charge is -2.09. The lowest BCUT2D eigenvalue weighted by atomic mass is 10.0. The first kappa shape index (κ1) is 14.0. The van der Waals surface area contributed by atoms with Crippen LogP contribution in [-0.4, -0.2) is 12.1 Å². The topological polar surface area (TPSA) is 26.3 Å². The van der Waals surface area contributed by atoms with Gasteiger partial charge in [-0.25, -0.2) is 4.39 Å². The highest BCUT2D eigenvalue weighted by Gasteiger charge is 2.31. The molecule has 0 saturated heterocycles. The second-order valence-corrected chi connectivity index (χ2v) is 3.88. The Balaban J connectivity index is 2.32. The largest absolute Gasteiger partial charge is 0.573 e. The van der Waals surface area contributed by atoms with Crippen LogP contribution in [0.5, 0.6) is 5.75 Å². The van der Waals surface area contributed by atoms with E-state index in [2.05, 4.69) is 4.74 Å². The molecule has 0 fully saturated rings. The van der Waals surface area contributed by atoms with Gasteiger partial charge in [0.05, 0.1) is 5.56 Å². The summed E-state index contributed by atoms with van der Waals surface area (Å²) in [5.74, 6) is -1.98. The molecule has 2 aromatic carbocycles. The van der Waals surface area contributed by atoms with Crippen LogP contribution in [0, 0.1) is 5.82 Å². The van der Waals surface area contributed by atoms with Crippen molar-refractivity contribution in [2.24, 2.45) is 0 Å². The van der Waals surface area contributed by atoms with Crippen LogP contribution >= 0.6 is 0 Å². The van der Waals surface area contributed by atoms with E-state index in [1.165, 1.54) is 30.3 Å². The molecule has 2 nitrogen and oxygen atoms in total. The molecular weight excluding hydrogens is 276 g/mol. The molecule has 0 radical (unpaired) electrons. The van der Waals surface area contributed by atoms with Crippen molar-refractivity contribution in [2.75, 3.05) is 0 Å². The maximum Gasteiger partial charge on any atom is 0.573 e. The first-order chi connectivity index (χ1) is 9.37. The predicted molar refractivity (Wildman–Crippen MR) is 63.0 cm³/mol. The Morgan fingerprint density at radius 2 is 1.70 bits per heavy atom. The summed E-state index contributed by atoms with van der Waals surface area (Å²) in [6, 6.07) is 9.74. The maximum atomic E-state index is 13.5. The number of alkyl halides is 3. The molecule has 0 aromatic heterocycles. The quantitative estimate of drug-likeness (QED) is 0.630. The van der Waals surface area contributed by atoms with Crippen molar-refractivity contribution >= 4 is 5.78 Å². The monoisotopic (exact) mass is 284 g/mol. The molecule has 6 heteroatoms. The van der Waals surface area contributed by atoms with E-state index in [1.807, 2.05) is 0 Å². The van der Waals surface area contributed by atoms with Crippen molar-refractivity contribution in [3.63, 3.8) is 0 Å². The zero-order valence-corrected chi connectivity index (χ0v) is 9.95. The lowest BCUT2D eigenvalue weighted by molar-refractivity contribution is -0.274. The van der Waals surface area contributed by atoms with Crippen LogP contribution in [0.3, 0.4) is 0 Å². The lowest BCUT2D eigenvalue weighted by Crippen LogP contribution is -2.17. The molecule has 0 atom stereocenters. The van der Waals surface area contributed by atoms with Crippen molar-refractivity contribution < 1.29 is 27.1 Å². The third-order valence-corrected chi connectivity index (χ3v) is 2.45. The van der Waals surface area contributed by atoms with E-state index in [4.69, 9.17) is 0 Å². The molecule has 0 bridgehead atoms. The Labute approximate surface area is 111 Å². The van der Waals surface area contributed by atoms with E-state index in [9.17, 15) is 22.4 Å². The number of carbonyl (C=O) groups excluding carboxylic acids is 1. The number of ketones is 1. The van der Waals surface area contributed by atoms with Gasteiger partial charge in [0.15, 0.2) is 5.78 Å². The summed E-state index contributed by atoms with van der Waals surface area (Å²) >= 11 is 0. The standard InChI is InChI=1S/C14H8F4O2/c15-12-7-2-1-6-11(12)13(19)9-4-3-5-10(8-9)20-14(16,17)18/h1-8H. The zero-order valence-electron chi connectivity index (χ0n) is 9.95. The van der Waals surface area contributed by atoms with Crippen molar-refractivity contribution in [2.45, 2.75) is 6.36 Å². The van der Waals surface area contributed by atoms with Gasteiger partial charge in [-0.3, -0.25) is 4.79 Å². The summed E-state index contributed by atoms with van der Waals surface area (Å²) in [4.78, 5) is 12.0. The van der Waals surface area contributed by atoms with Gasteiger partial charge in [0.1, 0.15) is 11.6 Å². The molecule has 2 rings (SSSR count). The smallest absolute Gasteiger partial charge is 0.406 e. The third-order valence-electron chi connectivity index (χ3n) is 2.45. The molecule has 0 aliphatic heterocycles. The van der Waals surface area contributed by atoms with Crippen LogP contribution in [0.25, 0.3) is 0 Å². The molecule has 0 N–H and O–H groups in total. The van der Waals surface area contributed by atoms with E-state index < -0.39 is 23.7 Å². The minimum atomic E-state index is -4.85. The number of rotatable bonds is 3. The van der Waals surface area contributed by atoms with E-state index in [0.29, 0.717) is 0 Å². The minimum Gasteiger partial charge on any atom is -0.406 e. The van der Waals surface area contributed by atoms with Gasteiger partial charge in [0, 0.05) is 5.56 Å². The second-order valence-electron chi connectivity index (χ2n) is 3.88. The van der Waals surface area contributed by atoms with Crippen LogP contribution in [0.2, 0.25) is 0 Å². The van der Waals surface area contributed by atoms with E-state index in [-0.39, 0.29) is 11.1 Å². The minimum absolute atomic E-state index is 0.0862. The Morgan fingerprint density at radius 1 is 1.00 bits per heavy atom. The van der Waals surface area contributed by atoms with Crippen LogP contribution in [0.1, 0.15) is 15.9 Å². The number of benzene rings is 2. The summed E-state index contributed by atoms with van der Waals surface area (Å²) in [5, 5.41) is 0. The molecular formula is C14H8F4O2. The number of hydrogen-bond donors (Lipinski definition) is 0. The molecule has 0 amide bonds. The van der Waals surface area contributed by atoms with Crippen molar-refractivity contribution in [3.05, 3.63) is 65.5 Å². The van der Waals surface area contributed by atoms with Crippen molar-refractivity contribution in [3.8, 4) is 5.75 Å². The SMILES string of the molecule is O=C(c1cccc(OC(F)(F)F)c1)c1ccccc1F. The van der Waals surface area contributed by atoms with Crippen LogP contribution in [0.15, 0.2) is 48.5 Å². The average molecular weight is 284 g/mol. The van der Waals surface area contributed by atoms with Gasteiger partial charge >= 0.3 is 6.36 Å². The van der Waals surface area contributed by atoms with Crippen molar-refractivity contribution in [1.82, 2.24) is 0 Å². The van der Waals surface area contributed by atoms with Crippen LogP contribution in [0.4, 0.5) is 17.6 Å². The summed E-state index contributed by atoms with van der Waals surface area (Å²) in [6.45, 7) is 0. The summed E-state index contributed by atoms with van der Waals surface area (Å²) in [6.07, 6.45) is -4.85. The van der Waals surface area contributed by atoms with Crippen LogP contribution in [-0.2, 0) is 0 Å². The highest BCUT2D eigenvalue weighted by Crippen LogP contribution is 2.24. The van der Waals surface area contributed by atoms with Gasteiger partial charge in [0.25, 0.3) is 0 Å². The maximum absolute atomic E-state index is 13.5. The third kappa shape index (κ3) is 3.34. The number of halogens is 4. The predicted octanol–water partition coefficient (Wildman–Crippen LogP) is 3.96. The molecule has 0 heterocycles. The first-order valence-electron chi connectivity index (χ1n) is 5.52. The molecule has 2 aromatic rings. The summed E-state index contributed by atoms with van der Waals surface area (Å²) in [5.41, 5.74) is -0.298. The van der Waals surface area contributed by atoms with Gasteiger partial charge in [-0.1, -0.05) is 24.3 Å². The Hall–Kier alpha value is -2.37. The average Bonchev–Trinajstić information content (AvgIpc) is 2.37. The van der Waals surface area contributed by atoms with Crippen molar-refractivity contribution in [1.29, 1.82) is 0 Å². The summed E-state index contributed by atoms with van der Waals surface area (Å²) < 4.78 is 53.5. The molecule has 0 aliphatic rings. The molecule has 104 valence electrons. The number of ether oxygens (including phenoxy) is 1. The first-order valence-corrected chi connectivity index (χ1v) is 5.52. The molecule has 0 unspecified atom stereocenters. The molecule has 0 saturated carbocycles. The Bertz CT molecular complexity index is 635. The normalized spacial score (nSPS) is 11.2. The van der Waals surface area contributed by atoms with Crippen LogP contribution < -0.4 is 4.74 Å². The highest BCUT2D eigenvalue weighted by atomic mass is 19.4. The highest BCUT2D eigenvalue weighted by molar-refractivity contribution is 6.09. The Kier molecular flexibility index (Phi) is 3.74. The molecule has 0 spiro atoms. The van der Waals surface area contributed by atoms with Gasteiger partial charge in [-0.2, -0.15) is 0 Å². The fourth-order valence-corrected chi connectivity index (χ4v) is 1.64. The number of carbonyl (C=O) groups is 1. The fourth-order valence-electron chi connectivity index (χ4n) is 1.64. The molecule has 20 heavy (non-hydrogen) atoms. The van der Waals surface area contributed by atoms with Gasteiger partial charge in [-0.05, 0) is 24.3 Å².